The molecular formula is C14H16FN5O. The van der Waals surface area contributed by atoms with E-state index in [-0.39, 0.29) is 5.91 Å². The summed E-state index contributed by atoms with van der Waals surface area (Å²) in [5.41, 5.74) is 0.287. The van der Waals surface area contributed by atoms with Crippen molar-refractivity contribution in [2.45, 2.75) is 13.3 Å². The number of hydrogen-bond donors (Lipinski definition) is 2. The average Bonchev–Trinajstić information content (AvgIpc) is 3.11. The van der Waals surface area contributed by atoms with Gasteiger partial charge in [-0.15, -0.1) is 0 Å². The Hall–Kier alpha value is -2.28. The van der Waals surface area contributed by atoms with Gasteiger partial charge in [0.1, 0.15) is 18.3 Å². The van der Waals surface area contributed by atoms with E-state index in [4.69, 9.17) is 0 Å². The molecule has 21 heavy (non-hydrogen) atoms. The van der Waals surface area contributed by atoms with Crippen molar-refractivity contribution < 1.29 is 9.18 Å². The molecule has 0 aliphatic carbocycles. The fraction of sp³-hybridized carbons (Fsp3) is 0.357. The maximum Gasteiger partial charge on any atom is 0.231 e. The van der Waals surface area contributed by atoms with Crippen LogP contribution in [0.25, 0.3) is 5.69 Å². The minimum atomic E-state index is -0.465. The number of anilines is 1. The lowest BCUT2D eigenvalue weighted by Crippen LogP contribution is -2.35. The number of rotatable bonds is 3. The van der Waals surface area contributed by atoms with E-state index in [0.29, 0.717) is 17.9 Å². The lowest BCUT2D eigenvalue weighted by Gasteiger charge is -2.21. The van der Waals surface area contributed by atoms with Crippen LogP contribution in [0.5, 0.6) is 0 Å². The highest BCUT2D eigenvalue weighted by Gasteiger charge is 2.36. The summed E-state index contributed by atoms with van der Waals surface area (Å²) < 4.78 is 15.4. The monoisotopic (exact) mass is 289 g/mol. The third kappa shape index (κ3) is 2.64. The molecule has 1 fully saturated rings. The SMILES string of the molecule is CC1(C(=O)Nc2ccc(-n3cncn3)c(F)c2)CCNC1. The molecular weight excluding hydrogens is 273 g/mol. The quantitative estimate of drug-likeness (QED) is 0.894. The first kappa shape index (κ1) is 13.7. The third-order valence-corrected chi connectivity index (χ3v) is 3.79. The van der Waals surface area contributed by atoms with E-state index in [1.807, 2.05) is 6.92 Å². The summed E-state index contributed by atoms with van der Waals surface area (Å²) in [6.45, 7) is 3.37. The minimum Gasteiger partial charge on any atom is -0.325 e. The van der Waals surface area contributed by atoms with E-state index < -0.39 is 11.2 Å². The van der Waals surface area contributed by atoms with Crippen molar-refractivity contribution in [3.05, 3.63) is 36.7 Å². The van der Waals surface area contributed by atoms with Crippen molar-refractivity contribution in [2.24, 2.45) is 5.41 Å². The van der Waals surface area contributed by atoms with E-state index in [2.05, 4.69) is 20.7 Å². The maximum absolute atomic E-state index is 14.1. The van der Waals surface area contributed by atoms with Gasteiger partial charge in [0, 0.05) is 12.2 Å². The first-order valence-electron chi connectivity index (χ1n) is 6.75. The van der Waals surface area contributed by atoms with Crippen molar-refractivity contribution in [3.8, 4) is 5.69 Å². The number of carbonyl (C=O) groups is 1. The van der Waals surface area contributed by atoms with Crippen LogP contribution in [0, 0.1) is 11.2 Å². The van der Waals surface area contributed by atoms with Gasteiger partial charge in [-0.05, 0) is 38.1 Å². The highest BCUT2D eigenvalue weighted by Crippen LogP contribution is 2.27. The molecule has 0 saturated carbocycles. The molecule has 0 bridgehead atoms. The zero-order valence-corrected chi connectivity index (χ0v) is 11.6. The first-order valence-corrected chi connectivity index (χ1v) is 6.75. The number of amides is 1. The minimum absolute atomic E-state index is 0.0968. The van der Waals surface area contributed by atoms with Gasteiger partial charge in [0.2, 0.25) is 5.91 Å². The predicted molar refractivity (Wildman–Crippen MR) is 75.5 cm³/mol. The molecule has 1 saturated heterocycles. The summed E-state index contributed by atoms with van der Waals surface area (Å²) in [5.74, 6) is -0.562. The van der Waals surface area contributed by atoms with E-state index in [9.17, 15) is 9.18 Å². The fourth-order valence-corrected chi connectivity index (χ4v) is 2.40. The Morgan fingerprint density at radius 1 is 1.52 bits per heavy atom. The van der Waals surface area contributed by atoms with Crippen LogP contribution in [0.1, 0.15) is 13.3 Å². The largest absolute Gasteiger partial charge is 0.325 e. The van der Waals surface area contributed by atoms with Crippen LogP contribution in [0.15, 0.2) is 30.9 Å². The topological polar surface area (TPSA) is 71.8 Å². The average molecular weight is 289 g/mol. The highest BCUT2D eigenvalue weighted by atomic mass is 19.1. The molecule has 1 aromatic heterocycles. The molecule has 0 radical (unpaired) electrons. The Bertz CT molecular complexity index is 649. The van der Waals surface area contributed by atoms with E-state index in [0.717, 1.165) is 13.0 Å². The number of halogens is 1. The second-order valence-corrected chi connectivity index (χ2v) is 5.45. The molecule has 110 valence electrons. The Balaban J connectivity index is 1.78. The van der Waals surface area contributed by atoms with Gasteiger partial charge >= 0.3 is 0 Å². The van der Waals surface area contributed by atoms with Gasteiger partial charge in [-0.3, -0.25) is 4.79 Å². The summed E-state index contributed by atoms with van der Waals surface area (Å²) >= 11 is 0. The summed E-state index contributed by atoms with van der Waals surface area (Å²) in [4.78, 5) is 16.0. The number of aromatic nitrogens is 3. The molecule has 2 aromatic rings. The molecule has 1 atom stereocenters. The Kier molecular flexibility index (Phi) is 3.42. The zero-order valence-electron chi connectivity index (χ0n) is 11.6. The molecule has 1 aromatic carbocycles. The zero-order chi connectivity index (χ0) is 14.9. The Labute approximate surface area is 121 Å². The van der Waals surface area contributed by atoms with Crippen molar-refractivity contribution in [1.29, 1.82) is 0 Å². The van der Waals surface area contributed by atoms with Crippen LogP contribution in [-0.2, 0) is 4.79 Å². The molecule has 6 nitrogen and oxygen atoms in total. The van der Waals surface area contributed by atoms with Crippen molar-refractivity contribution in [2.75, 3.05) is 18.4 Å². The van der Waals surface area contributed by atoms with Crippen LogP contribution in [0.3, 0.4) is 0 Å². The summed E-state index contributed by atoms with van der Waals surface area (Å²) in [5, 5.41) is 9.82. The van der Waals surface area contributed by atoms with Gasteiger partial charge in [0.15, 0.2) is 5.82 Å². The molecule has 7 heteroatoms. The summed E-state index contributed by atoms with van der Waals surface area (Å²) in [6.07, 6.45) is 3.53. The normalized spacial score (nSPS) is 21.4. The molecule has 2 N–H and O–H groups in total. The molecule has 1 aliphatic heterocycles. The number of nitrogens with zero attached hydrogens (tertiary/aromatic N) is 3. The van der Waals surface area contributed by atoms with Gasteiger partial charge in [0.25, 0.3) is 0 Å². The van der Waals surface area contributed by atoms with Crippen molar-refractivity contribution in [3.63, 3.8) is 0 Å². The second kappa shape index (κ2) is 5.25. The molecule has 1 unspecified atom stereocenters. The van der Waals surface area contributed by atoms with Crippen LogP contribution in [-0.4, -0.2) is 33.8 Å². The van der Waals surface area contributed by atoms with Crippen LogP contribution >= 0.6 is 0 Å². The van der Waals surface area contributed by atoms with Gasteiger partial charge in [-0.1, -0.05) is 0 Å². The number of hydrogen-bond acceptors (Lipinski definition) is 4. The number of carbonyl (C=O) groups excluding carboxylic acids is 1. The van der Waals surface area contributed by atoms with Gasteiger partial charge in [-0.25, -0.2) is 14.1 Å². The van der Waals surface area contributed by atoms with Crippen LogP contribution in [0.4, 0.5) is 10.1 Å². The van der Waals surface area contributed by atoms with Crippen LogP contribution < -0.4 is 10.6 Å². The molecule has 3 rings (SSSR count). The summed E-state index contributed by atoms with van der Waals surface area (Å²) in [7, 11) is 0. The smallest absolute Gasteiger partial charge is 0.231 e. The summed E-state index contributed by atoms with van der Waals surface area (Å²) in [6, 6.07) is 4.51. The first-order chi connectivity index (χ1) is 10.1. The lowest BCUT2D eigenvalue weighted by atomic mass is 9.89. The van der Waals surface area contributed by atoms with Crippen molar-refractivity contribution in [1.82, 2.24) is 20.1 Å². The fourth-order valence-electron chi connectivity index (χ4n) is 2.40. The molecule has 0 spiro atoms. The van der Waals surface area contributed by atoms with E-state index in [1.165, 1.54) is 23.4 Å². The second-order valence-electron chi connectivity index (χ2n) is 5.45. The van der Waals surface area contributed by atoms with Crippen molar-refractivity contribution >= 4 is 11.6 Å². The van der Waals surface area contributed by atoms with E-state index >= 15 is 0 Å². The highest BCUT2D eigenvalue weighted by molar-refractivity contribution is 5.95. The van der Waals surface area contributed by atoms with Gasteiger partial charge in [0.05, 0.1) is 5.41 Å². The molecule has 1 aliphatic rings. The van der Waals surface area contributed by atoms with E-state index in [1.54, 1.807) is 12.1 Å². The Morgan fingerprint density at radius 3 is 3.00 bits per heavy atom. The molecule has 1 amide bonds. The predicted octanol–water partition coefficient (Wildman–Crippen LogP) is 1.34. The lowest BCUT2D eigenvalue weighted by molar-refractivity contribution is -0.123. The maximum atomic E-state index is 14.1. The van der Waals surface area contributed by atoms with Gasteiger partial charge in [-0.2, -0.15) is 5.10 Å². The van der Waals surface area contributed by atoms with Crippen LogP contribution in [0.2, 0.25) is 0 Å². The number of benzene rings is 1. The number of nitrogens with one attached hydrogen (secondary N) is 2. The van der Waals surface area contributed by atoms with Gasteiger partial charge < -0.3 is 10.6 Å². The molecule has 2 heterocycles. The Morgan fingerprint density at radius 2 is 2.38 bits per heavy atom. The standard InChI is InChI=1S/C14H16FN5O/c1-14(4-5-16-7-14)13(21)19-10-2-3-12(11(15)6-10)20-9-17-8-18-20/h2-3,6,8-9,16H,4-5,7H2,1H3,(H,19,21). The third-order valence-electron chi connectivity index (χ3n) is 3.79.